The second-order valence-corrected chi connectivity index (χ2v) is 4.41. The topological polar surface area (TPSA) is 9.23 Å². The van der Waals surface area contributed by atoms with Crippen molar-refractivity contribution >= 4 is 17.8 Å². The van der Waals surface area contributed by atoms with E-state index in [1.165, 1.54) is 0 Å². The Morgan fingerprint density at radius 2 is 2.00 bits per heavy atom. The van der Waals surface area contributed by atoms with Crippen molar-refractivity contribution in [3.63, 3.8) is 0 Å². The molecule has 1 rings (SSSR count). The molecule has 1 nitrogen and oxygen atoms in total. The zero-order chi connectivity index (χ0) is 10.4. The van der Waals surface area contributed by atoms with Crippen LogP contribution >= 0.6 is 11.8 Å². The number of ether oxygens (including phenoxy) is 1. The van der Waals surface area contributed by atoms with Gasteiger partial charge in [-0.05, 0) is 24.0 Å². The number of hydrogen-bond acceptors (Lipinski definition) is 2. The minimum Gasteiger partial charge on any atom is -0.492 e. The first-order valence-corrected chi connectivity index (χ1v) is 5.93. The van der Waals surface area contributed by atoms with Crippen molar-refractivity contribution in [3.8, 4) is 5.75 Å². The van der Waals surface area contributed by atoms with E-state index in [0.29, 0.717) is 5.25 Å². The third-order valence-electron chi connectivity index (χ3n) is 2.00. The highest BCUT2D eigenvalue weighted by atomic mass is 32.2. The summed E-state index contributed by atoms with van der Waals surface area (Å²) in [5, 5.41) is 0.536. The summed E-state index contributed by atoms with van der Waals surface area (Å²) < 4.78 is 5.60. The summed E-state index contributed by atoms with van der Waals surface area (Å²) in [4.78, 5) is 0. The third kappa shape index (κ3) is 4.93. The molecule has 84 valence electrons. The molecule has 0 saturated heterocycles. The number of hydrogen-bond donors (Lipinski definition) is 0. The Morgan fingerprint density at radius 3 is 2.47 bits per heavy atom. The Balaban J connectivity index is 0.00000196. The Kier molecular flexibility index (Phi) is 6.97. The molecule has 0 saturated carbocycles. The lowest BCUT2D eigenvalue weighted by Crippen LogP contribution is -2.09. The van der Waals surface area contributed by atoms with Crippen molar-refractivity contribution < 1.29 is 4.74 Å². The van der Waals surface area contributed by atoms with Gasteiger partial charge in [0.25, 0.3) is 0 Å². The SMILES string of the molecule is C.C=Cc1ccc(OCC(C)SC)cc1. The highest BCUT2D eigenvalue weighted by molar-refractivity contribution is 7.99. The molecule has 0 spiro atoms. The molecular weight excluding hydrogens is 204 g/mol. The Bertz CT molecular complexity index is 279. The first kappa shape index (κ1) is 14.1. The highest BCUT2D eigenvalue weighted by Gasteiger charge is 1.99. The Labute approximate surface area is 97.5 Å². The quantitative estimate of drug-likeness (QED) is 0.745. The van der Waals surface area contributed by atoms with Crippen LogP contribution in [0.5, 0.6) is 5.75 Å². The van der Waals surface area contributed by atoms with E-state index in [9.17, 15) is 0 Å². The molecule has 0 bridgehead atoms. The molecule has 0 N–H and O–H groups in total. The van der Waals surface area contributed by atoms with Crippen LogP contribution in [0.15, 0.2) is 30.8 Å². The van der Waals surface area contributed by atoms with Crippen molar-refractivity contribution in [2.45, 2.75) is 19.6 Å². The van der Waals surface area contributed by atoms with Crippen LogP contribution in [0.2, 0.25) is 0 Å². The fraction of sp³-hybridized carbons (Fsp3) is 0.385. The molecule has 0 aliphatic heterocycles. The summed E-state index contributed by atoms with van der Waals surface area (Å²) in [6, 6.07) is 7.96. The second-order valence-electron chi connectivity index (χ2n) is 3.13. The monoisotopic (exact) mass is 224 g/mol. The van der Waals surface area contributed by atoms with Gasteiger partial charge in [-0.1, -0.05) is 39.1 Å². The average Bonchev–Trinajstić information content (AvgIpc) is 2.26. The molecule has 0 aromatic heterocycles. The van der Waals surface area contributed by atoms with Crippen LogP contribution in [0.3, 0.4) is 0 Å². The van der Waals surface area contributed by atoms with Crippen LogP contribution in [0.1, 0.15) is 19.9 Å². The normalized spacial score (nSPS) is 11.3. The van der Waals surface area contributed by atoms with Crippen LogP contribution in [0.4, 0.5) is 0 Å². The molecule has 0 radical (unpaired) electrons. The summed E-state index contributed by atoms with van der Waals surface area (Å²) in [6.45, 7) is 6.62. The fourth-order valence-corrected chi connectivity index (χ4v) is 1.19. The van der Waals surface area contributed by atoms with Crippen LogP contribution in [0.25, 0.3) is 6.08 Å². The van der Waals surface area contributed by atoms with Gasteiger partial charge in [0.1, 0.15) is 5.75 Å². The van der Waals surface area contributed by atoms with Gasteiger partial charge in [-0.2, -0.15) is 11.8 Å². The maximum atomic E-state index is 5.60. The molecule has 1 atom stereocenters. The maximum absolute atomic E-state index is 5.60. The summed E-state index contributed by atoms with van der Waals surface area (Å²) >= 11 is 1.81. The van der Waals surface area contributed by atoms with Gasteiger partial charge in [0.2, 0.25) is 0 Å². The van der Waals surface area contributed by atoms with Crippen LogP contribution in [0, 0.1) is 0 Å². The smallest absolute Gasteiger partial charge is 0.119 e. The molecule has 2 heteroatoms. The van der Waals surface area contributed by atoms with Crippen LogP contribution in [-0.4, -0.2) is 18.1 Å². The van der Waals surface area contributed by atoms with Gasteiger partial charge in [0.15, 0.2) is 0 Å². The predicted molar refractivity (Wildman–Crippen MR) is 71.7 cm³/mol. The van der Waals surface area contributed by atoms with Gasteiger partial charge < -0.3 is 4.74 Å². The minimum atomic E-state index is 0. The lowest BCUT2D eigenvalue weighted by molar-refractivity contribution is 0.322. The summed E-state index contributed by atoms with van der Waals surface area (Å²) in [5.74, 6) is 0.927. The summed E-state index contributed by atoms with van der Waals surface area (Å²) in [5.41, 5.74) is 1.12. The van der Waals surface area contributed by atoms with E-state index in [4.69, 9.17) is 4.74 Å². The van der Waals surface area contributed by atoms with Gasteiger partial charge in [-0.15, -0.1) is 0 Å². The van der Waals surface area contributed by atoms with Crippen molar-refractivity contribution in [2.24, 2.45) is 0 Å². The Hall–Kier alpha value is -0.890. The summed E-state index contributed by atoms with van der Waals surface area (Å²) in [7, 11) is 0. The zero-order valence-electron chi connectivity index (χ0n) is 8.69. The largest absolute Gasteiger partial charge is 0.492 e. The summed E-state index contributed by atoms with van der Waals surface area (Å²) in [6.07, 6.45) is 3.92. The molecule has 1 aromatic rings. The number of thioether (sulfide) groups is 1. The third-order valence-corrected chi connectivity index (χ3v) is 2.94. The molecule has 0 heterocycles. The van der Waals surface area contributed by atoms with Gasteiger partial charge >= 0.3 is 0 Å². The zero-order valence-corrected chi connectivity index (χ0v) is 9.51. The van der Waals surface area contributed by atoms with Crippen LogP contribution < -0.4 is 4.74 Å². The van der Waals surface area contributed by atoms with E-state index in [-0.39, 0.29) is 7.43 Å². The van der Waals surface area contributed by atoms with Crippen molar-refractivity contribution in [3.05, 3.63) is 36.4 Å². The van der Waals surface area contributed by atoms with Gasteiger partial charge in [0.05, 0.1) is 6.61 Å². The second kappa shape index (κ2) is 7.41. The first-order chi connectivity index (χ1) is 6.76. The first-order valence-electron chi connectivity index (χ1n) is 4.64. The van der Waals surface area contributed by atoms with Crippen molar-refractivity contribution in [1.82, 2.24) is 0 Å². The number of benzene rings is 1. The maximum Gasteiger partial charge on any atom is 0.119 e. The highest BCUT2D eigenvalue weighted by Crippen LogP contribution is 2.14. The van der Waals surface area contributed by atoms with Gasteiger partial charge in [-0.25, -0.2) is 0 Å². The predicted octanol–water partition coefficient (Wildman–Crippen LogP) is 4.10. The molecule has 1 aromatic carbocycles. The molecule has 0 fully saturated rings. The molecule has 0 aliphatic carbocycles. The molecule has 0 aliphatic rings. The van der Waals surface area contributed by atoms with E-state index in [0.717, 1.165) is 17.9 Å². The standard InChI is InChI=1S/C12H16OS.CH4/c1-4-11-5-7-12(8-6-11)13-9-10(2)14-3;/h4-8,10H,1,9H2,2-3H3;1H4. The van der Waals surface area contributed by atoms with E-state index in [1.54, 1.807) is 0 Å². The van der Waals surface area contributed by atoms with Gasteiger partial charge in [0, 0.05) is 5.25 Å². The minimum absolute atomic E-state index is 0. The van der Waals surface area contributed by atoms with E-state index in [1.807, 2.05) is 42.1 Å². The van der Waals surface area contributed by atoms with Gasteiger partial charge in [-0.3, -0.25) is 0 Å². The van der Waals surface area contributed by atoms with Crippen molar-refractivity contribution in [1.29, 1.82) is 0 Å². The fourth-order valence-electron chi connectivity index (χ4n) is 0.982. The Morgan fingerprint density at radius 1 is 1.40 bits per heavy atom. The lowest BCUT2D eigenvalue weighted by atomic mass is 10.2. The van der Waals surface area contributed by atoms with E-state index >= 15 is 0 Å². The average molecular weight is 224 g/mol. The van der Waals surface area contributed by atoms with Crippen molar-refractivity contribution in [2.75, 3.05) is 12.9 Å². The lowest BCUT2D eigenvalue weighted by Gasteiger charge is -2.10. The molecular formula is C13H20OS. The molecule has 1 unspecified atom stereocenters. The number of rotatable bonds is 5. The van der Waals surface area contributed by atoms with Crippen LogP contribution in [-0.2, 0) is 0 Å². The molecule has 15 heavy (non-hydrogen) atoms. The molecule has 0 amide bonds. The van der Waals surface area contributed by atoms with E-state index < -0.39 is 0 Å². The van der Waals surface area contributed by atoms with E-state index in [2.05, 4.69) is 19.8 Å².